The number of aromatic nitrogens is 1. The molecule has 3 nitrogen and oxygen atoms in total. The van der Waals surface area contributed by atoms with Crippen molar-refractivity contribution < 1.29 is 36.1 Å². The van der Waals surface area contributed by atoms with Gasteiger partial charge in [-0.1, -0.05) is 131 Å². The van der Waals surface area contributed by atoms with Crippen molar-refractivity contribution in [3.05, 3.63) is 177 Å². The molecule has 6 aromatic carbocycles. The second-order valence-corrected chi connectivity index (χ2v) is 14.4. The van der Waals surface area contributed by atoms with E-state index < -0.39 is 0 Å². The van der Waals surface area contributed by atoms with Crippen LogP contribution in [0.1, 0.15) is 61.8 Å². The van der Waals surface area contributed by atoms with E-state index in [0.29, 0.717) is 11.8 Å². The van der Waals surface area contributed by atoms with E-state index in [4.69, 9.17) is 4.98 Å². The van der Waals surface area contributed by atoms with Crippen LogP contribution < -0.4 is 0 Å². The van der Waals surface area contributed by atoms with Gasteiger partial charge < -0.3 is 25.1 Å². The van der Waals surface area contributed by atoms with E-state index in [0.717, 1.165) is 78.1 Å². The number of phenolic OH excluding ortho intramolecular Hbond substituents is 2. The van der Waals surface area contributed by atoms with Gasteiger partial charge in [0, 0.05) is 59.2 Å². The molecule has 0 aliphatic rings. The summed E-state index contributed by atoms with van der Waals surface area (Å²) in [6.45, 7) is 12.9. The van der Waals surface area contributed by atoms with E-state index in [-0.39, 0.29) is 52.2 Å². The zero-order valence-electron chi connectivity index (χ0n) is 33.3. The SMILES string of the molecule is Cc1cc(-c2ccccc2-c2cccc(-c3ccccc3-c3cc(C)cc(-c4ccccc4C(C)C)c3O)n2)c(O)c(-c2ccccc2C(C)C)c1.[CH3-].[CH3-].[Hf]. The molecule has 0 amide bonds. The second-order valence-electron chi connectivity index (χ2n) is 14.4. The summed E-state index contributed by atoms with van der Waals surface area (Å²) in [6, 6.07) is 47.3. The van der Waals surface area contributed by atoms with Gasteiger partial charge >= 0.3 is 0 Å². The van der Waals surface area contributed by atoms with E-state index in [1.807, 2.05) is 54.6 Å². The zero-order chi connectivity index (χ0) is 36.5. The number of pyridine rings is 1. The Morgan fingerprint density at radius 3 is 1.02 bits per heavy atom. The Kier molecular flexibility index (Phi) is 14.0. The molecular formula is C51H51HfNO2-2. The topological polar surface area (TPSA) is 53.4 Å². The van der Waals surface area contributed by atoms with Crippen molar-refractivity contribution in [2.24, 2.45) is 0 Å². The number of hydrogen-bond donors (Lipinski definition) is 2. The van der Waals surface area contributed by atoms with Gasteiger partial charge in [-0.25, -0.2) is 4.98 Å². The first-order valence-corrected chi connectivity index (χ1v) is 18.1. The summed E-state index contributed by atoms with van der Waals surface area (Å²) in [7, 11) is 0. The first kappa shape index (κ1) is 42.7. The summed E-state index contributed by atoms with van der Waals surface area (Å²) in [4.78, 5) is 5.26. The number of nitrogens with zero attached hydrogens (tertiary/aromatic N) is 1. The van der Waals surface area contributed by atoms with Crippen LogP contribution in [0, 0.1) is 28.7 Å². The maximum Gasteiger partial charge on any atom is 0.131 e. The fourth-order valence-corrected chi connectivity index (χ4v) is 7.49. The average molecular weight is 888 g/mol. The molecule has 7 rings (SSSR count). The number of phenols is 2. The quantitative estimate of drug-likeness (QED) is 0.118. The van der Waals surface area contributed by atoms with Crippen molar-refractivity contribution in [3.63, 3.8) is 0 Å². The minimum Gasteiger partial charge on any atom is -0.507 e. The Morgan fingerprint density at radius 2 is 0.673 bits per heavy atom. The molecule has 0 unspecified atom stereocenters. The second kappa shape index (κ2) is 18.0. The molecule has 0 fully saturated rings. The Labute approximate surface area is 347 Å². The summed E-state index contributed by atoms with van der Waals surface area (Å²) < 4.78 is 0. The molecule has 7 aromatic rings. The molecule has 0 saturated carbocycles. The Balaban J connectivity index is 0.00000224. The van der Waals surface area contributed by atoms with Crippen LogP contribution in [0.4, 0.5) is 0 Å². The monoisotopic (exact) mass is 889 g/mol. The molecule has 55 heavy (non-hydrogen) atoms. The molecule has 0 radical (unpaired) electrons. The van der Waals surface area contributed by atoms with Gasteiger partial charge in [-0.3, -0.25) is 0 Å². The van der Waals surface area contributed by atoms with Gasteiger partial charge in [-0.2, -0.15) is 0 Å². The van der Waals surface area contributed by atoms with E-state index in [1.54, 1.807) is 0 Å². The van der Waals surface area contributed by atoms with Gasteiger partial charge in [0.15, 0.2) is 0 Å². The van der Waals surface area contributed by atoms with Crippen molar-refractivity contribution in [1.29, 1.82) is 0 Å². The van der Waals surface area contributed by atoms with Gasteiger partial charge in [-0.15, -0.1) is 0 Å². The molecule has 0 aliphatic heterocycles. The molecule has 0 aliphatic carbocycles. The van der Waals surface area contributed by atoms with Crippen LogP contribution in [0.3, 0.4) is 0 Å². The molecule has 2 N–H and O–H groups in total. The van der Waals surface area contributed by atoms with Crippen molar-refractivity contribution in [2.45, 2.75) is 53.4 Å². The van der Waals surface area contributed by atoms with Gasteiger partial charge in [-0.05, 0) is 107 Å². The number of benzene rings is 6. The summed E-state index contributed by atoms with van der Waals surface area (Å²) in [5.74, 6) is 1.14. The van der Waals surface area contributed by atoms with Crippen LogP contribution >= 0.6 is 0 Å². The third kappa shape index (κ3) is 8.45. The van der Waals surface area contributed by atoms with Crippen LogP contribution in [0.15, 0.2) is 140 Å². The summed E-state index contributed by atoms with van der Waals surface area (Å²) in [5.41, 5.74) is 15.1. The van der Waals surface area contributed by atoms with Gasteiger partial charge in [0.25, 0.3) is 0 Å². The minimum absolute atomic E-state index is 0. The molecule has 0 atom stereocenters. The number of hydrogen-bond acceptors (Lipinski definition) is 3. The third-order valence-electron chi connectivity index (χ3n) is 9.99. The molecule has 0 bridgehead atoms. The first-order valence-electron chi connectivity index (χ1n) is 18.1. The molecule has 0 spiro atoms. The van der Waals surface area contributed by atoms with E-state index in [1.165, 1.54) is 11.1 Å². The maximum absolute atomic E-state index is 11.9. The molecular weight excluding hydrogens is 837 g/mol. The smallest absolute Gasteiger partial charge is 0.131 e. The van der Waals surface area contributed by atoms with Crippen molar-refractivity contribution >= 4 is 0 Å². The van der Waals surface area contributed by atoms with Crippen molar-refractivity contribution in [3.8, 4) is 78.5 Å². The first-order chi connectivity index (χ1) is 25.1. The Hall–Kier alpha value is -5.06. The average Bonchev–Trinajstić information content (AvgIpc) is 3.16. The van der Waals surface area contributed by atoms with E-state index in [9.17, 15) is 10.2 Å². The minimum atomic E-state index is 0. The number of aromatic hydroxyl groups is 2. The Morgan fingerprint density at radius 1 is 0.382 bits per heavy atom. The van der Waals surface area contributed by atoms with E-state index in [2.05, 4.69) is 126 Å². The van der Waals surface area contributed by atoms with Crippen LogP contribution in [0.25, 0.3) is 67.0 Å². The van der Waals surface area contributed by atoms with Crippen LogP contribution in [-0.2, 0) is 25.8 Å². The summed E-state index contributed by atoms with van der Waals surface area (Å²) in [6.07, 6.45) is 0. The number of aryl methyl sites for hydroxylation is 2. The fourth-order valence-electron chi connectivity index (χ4n) is 7.49. The van der Waals surface area contributed by atoms with Crippen molar-refractivity contribution in [2.75, 3.05) is 0 Å². The molecule has 0 saturated heterocycles. The molecule has 4 heteroatoms. The zero-order valence-corrected chi connectivity index (χ0v) is 36.9. The fraction of sp³-hybridized carbons (Fsp3) is 0.157. The van der Waals surface area contributed by atoms with Gasteiger partial charge in [0.2, 0.25) is 0 Å². The predicted octanol–water partition coefficient (Wildman–Crippen LogP) is 14.3. The third-order valence-corrected chi connectivity index (χ3v) is 9.99. The molecule has 1 heterocycles. The number of rotatable bonds is 8. The van der Waals surface area contributed by atoms with Crippen LogP contribution in [0.2, 0.25) is 0 Å². The summed E-state index contributed by atoms with van der Waals surface area (Å²) >= 11 is 0. The van der Waals surface area contributed by atoms with Crippen LogP contribution in [0.5, 0.6) is 11.5 Å². The normalized spacial score (nSPS) is 10.8. The Bertz CT molecular complexity index is 2260. The maximum atomic E-state index is 11.9. The van der Waals surface area contributed by atoms with Gasteiger partial charge in [0.05, 0.1) is 11.4 Å². The van der Waals surface area contributed by atoms with Crippen LogP contribution in [-0.4, -0.2) is 15.2 Å². The molecule has 1 aromatic heterocycles. The summed E-state index contributed by atoms with van der Waals surface area (Å²) in [5, 5.41) is 23.9. The predicted molar refractivity (Wildman–Crippen MR) is 231 cm³/mol. The standard InChI is InChI=1S/C49H45NO2.2CH3.Hf/c1-30(2)34-16-7-9-18-36(34)42-26-32(5)28-44(48(42)51)38-20-11-13-22-40(38)46-24-15-25-47(50-46)41-23-14-12-21-39(41)45-29-33(6)27-43(49(45)52)37-19-10-8-17-35(37)31(3)4;;;/h7-31,51-52H,1-6H3;2*1H3;/q;2*-1;. The van der Waals surface area contributed by atoms with E-state index >= 15 is 0 Å². The molecule has 278 valence electrons. The van der Waals surface area contributed by atoms with Crippen molar-refractivity contribution in [1.82, 2.24) is 4.98 Å². The van der Waals surface area contributed by atoms with Gasteiger partial charge in [0.1, 0.15) is 11.5 Å². The largest absolute Gasteiger partial charge is 0.507 e.